The fourth-order valence-corrected chi connectivity index (χ4v) is 2.30. The minimum atomic E-state index is 0.0856. The summed E-state index contributed by atoms with van der Waals surface area (Å²) in [5, 5.41) is 6.28. The van der Waals surface area contributed by atoms with E-state index in [1.165, 1.54) is 16.4 Å². The first-order valence-corrected chi connectivity index (χ1v) is 7.02. The largest absolute Gasteiger partial charge is 0.326 e. The highest BCUT2D eigenvalue weighted by atomic mass is 127. The van der Waals surface area contributed by atoms with Crippen molar-refractivity contribution in [3.05, 3.63) is 27.3 Å². The molecule has 0 aromatic heterocycles. The first-order valence-electron chi connectivity index (χ1n) is 5.94. The van der Waals surface area contributed by atoms with Crippen LogP contribution in [0.25, 0.3) is 0 Å². The van der Waals surface area contributed by atoms with E-state index in [1.807, 2.05) is 19.1 Å². The van der Waals surface area contributed by atoms with Crippen LogP contribution in [0.15, 0.2) is 18.2 Å². The first kappa shape index (κ1) is 12.8. The zero-order chi connectivity index (χ0) is 12.3. The first-order chi connectivity index (χ1) is 8.15. The van der Waals surface area contributed by atoms with Crippen molar-refractivity contribution in [1.29, 1.82) is 0 Å². The Labute approximate surface area is 116 Å². The van der Waals surface area contributed by atoms with Crippen LogP contribution in [-0.2, 0) is 4.79 Å². The fraction of sp³-hybridized carbons (Fsp3) is 0.462. The van der Waals surface area contributed by atoms with E-state index in [2.05, 4.69) is 39.3 Å². The van der Waals surface area contributed by atoms with Gasteiger partial charge in [-0.05, 0) is 66.1 Å². The van der Waals surface area contributed by atoms with Crippen molar-refractivity contribution in [3.63, 3.8) is 0 Å². The van der Waals surface area contributed by atoms with Gasteiger partial charge < -0.3 is 10.6 Å². The Balaban J connectivity index is 1.79. The Bertz CT molecular complexity index is 416. The molecule has 0 atom stereocenters. The SMILES string of the molecule is Cc1cc(I)ccc1NC(=O)CCNC1CC1. The zero-order valence-corrected chi connectivity index (χ0v) is 12.1. The minimum Gasteiger partial charge on any atom is -0.326 e. The molecule has 0 radical (unpaired) electrons. The maximum atomic E-state index is 11.7. The molecule has 4 heteroatoms. The number of halogens is 1. The van der Waals surface area contributed by atoms with E-state index in [9.17, 15) is 4.79 Å². The molecular formula is C13H17IN2O. The third kappa shape index (κ3) is 4.27. The molecule has 2 rings (SSSR count). The van der Waals surface area contributed by atoms with E-state index < -0.39 is 0 Å². The smallest absolute Gasteiger partial charge is 0.225 e. The Kier molecular flexibility index (Phi) is 4.39. The number of hydrogen-bond donors (Lipinski definition) is 2. The summed E-state index contributed by atoms with van der Waals surface area (Å²) in [5.74, 6) is 0.0856. The summed E-state index contributed by atoms with van der Waals surface area (Å²) in [7, 11) is 0. The maximum absolute atomic E-state index is 11.7. The number of carbonyl (C=O) groups is 1. The van der Waals surface area contributed by atoms with Gasteiger partial charge in [0.15, 0.2) is 0 Å². The van der Waals surface area contributed by atoms with Crippen molar-refractivity contribution in [1.82, 2.24) is 5.32 Å². The normalized spacial score (nSPS) is 14.7. The molecule has 3 nitrogen and oxygen atoms in total. The van der Waals surface area contributed by atoms with Gasteiger partial charge in [0.2, 0.25) is 5.91 Å². The molecule has 17 heavy (non-hydrogen) atoms. The summed E-state index contributed by atoms with van der Waals surface area (Å²) in [5.41, 5.74) is 2.03. The van der Waals surface area contributed by atoms with Gasteiger partial charge in [0.1, 0.15) is 0 Å². The van der Waals surface area contributed by atoms with Gasteiger partial charge >= 0.3 is 0 Å². The Morgan fingerprint density at radius 2 is 2.24 bits per heavy atom. The van der Waals surface area contributed by atoms with Gasteiger partial charge in [0.05, 0.1) is 0 Å². The van der Waals surface area contributed by atoms with Crippen LogP contribution in [0.1, 0.15) is 24.8 Å². The van der Waals surface area contributed by atoms with Crippen LogP contribution < -0.4 is 10.6 Å². The second-order valence-corrected chi connectivity index (χ2v) is 5.73. The second kappa shape index (κ2) is 5.82. The molecule has 0 spiro atoms. The molecule has 1 aromatic rings. The van der Waals surface area contributed by atoms with Gasteiger partial charge in [-0.3, -0.25) is 4.79 Å². The number of aryl methyl sites for hydroxylation is 1. The molecular weight excluding hydrogens is 327 g/mol. The highest BCUT2D eigenvalue weighted by molar-refractivity contribution is 14.1. The zero-order valence-electron chi connectivity index (χ0n) is 9.92. The number of anilines is 1. The van der Waals surface area contributed by atoms with E-state index >= 15 is 0 Å². The monoisotopic (exact) mass is 344 g/mol. The molecule has 0 unspecified atom stereocenters. The van der Waals surface area contributed by atoms with E-state index in [0.717, 1.165) is 17.8 Å². The highest BCUT2D eigenvalue weighted by Gasteiger charge is 2.20. The van der Waals surface area contributed by atoms with Gasteiger partial charge in [-0.1, -0.05) is 0 Å². The van der Waals surface area contributed by atoms with Gasteiger partial charge in [0.25, 0.3) is 0 Å². The predicted octanol–water partition coefficient (Wildman–Crippen LogP) is 2.68. The summed E-state index contributed by atoms with van der Waals surface area (Å²) in [6, 6.07) is 6.70. The van der Waals surface area contributed by atoms with Crippen molar-refractivity contribution < 1.29 is 4.79 Å². The van der Waals surface area contributed by atoms with Gasteiger partial charge in [-0.25, -0.2) is 0 Å². The molecule has 0 heterocycles. The molecule has 1 saturated carbocycles. The molecule has 1 amide bonds. The number of nitrogens with one attached hydrogen (secondary N) is 2. The van der Waals surface area contributed by atoms with Crippen LogP contribution in [0.4, 0.5) is 5.69 Å². The van der Waals surface area contributed by atoms with Crippen molar-refractivity contribution in [2.45, 2.75) is 32.2 Å². The lowest BCUT2D eigenvalue weighted by Gasteiger charge is -2.09. The van der Waals surface area contributed by atoms with Crippen molar-refractivity contribution >= 4 is 34.2 Å². The van der Waals surface area contributed by atoms with Gasteiger partial charge in [-0.2, -0.15) is 0 Å². The predicted molar refractivity (Wildman–Crippen MR) is 78.2 cm³/mol. The average molecular weight is 344 g/mol. The summed E-state index contributed by atoms with van der Waals surface area (Å²) in [6.45, 7) is 2.79. The number of carbonyl (C=O) groups excluding carboxylic acids is 1. The molecule has 0 bridgehead atoms. The fourth-order valence-electron chi connectivity index (χ4n) is 1.66. The number of amides is 1. The molecule has 1 aliphatic rings. The van der Waals surface area contributed by atoms with Crippen LogP contribution in [0.2, 0.25) is 0 Å². The topological polar surface area (TPSA) is 41.1 Å². The number of benzene rings is 1. The van der Waals surface area contributed by atoms with E-state index in [-0.39, 0.29) is 5.91 Å². The molecule has 1 aliphatic carbocycles. The summed E-state index contributed by atoms with van der Waals surface area (Å²) in [6.07, 6.45) is 3.07. The Hall–Kier alpha value is -0.620. The standard InChI is InChI=1S/C13H17IN2O/c1-9-8-10(14)2-5-12(9)16-13(17)6-7-15-11-3-4-11/h2,5,8,11,15H,3-4,6-7H2,1H3,(H,16,17). The van der Waals surface area contributed by atoms with Crippen molar-refractivity contribution in [2.75, 3.05) is 11.9 Å². The highest BCUT2D eigenvalue weighted by Crippen LogP contribution is 2.19. The Morgan fingerprint density at radius 3 is 2.88 bits per heavy atom. The van der Waals surface area contributed by atoms with Crippen LogP contribution in [0.5, 0.6) is 0 Å². The third-order valence-corrected chi connectivity index (χ3v) is 3.50. The molecule has 92 valence electrons. The number of hydrogen-bond acceptors (Lipinski definition) is 2. The summed E-state index contributed by atoms with van der Waals surface area (Å²) in [4.78, 5) is 11.7. The molecule has 1 fully saturated rings. The minimum absolute atomic E-state index is 0.0856. The van der Waals surface area contributed by atoms with Crippen LogP contribution in [0.3, 0.4) is 0 Å². The van der Waals surface area contributed by atoms with E-state index in [1.54, 1.807) is 0 Å². The Morgan fingerprint density at radius 1 is 1.47 bits per heavy atom. The summed E-state index contributed by atoms with van der Waals surface area (Å²) >= 11 is 2.27. The van der Waals surface area contributed by atoms with Crippen LogP contribution >= 0.6 is 22.6 Å². The quantitative estimate of drug-likeness (QED) is 0.807. The molecule has 1 aromatic carbocycles. The second-order valence-electron chi connectivity index (χ2n) is 4.49. The molecule has 0 saturated heterocycles. The third-order valence-electron chi connectivity index (χ3n) is 2.82. The van der Waals surface area contributed by atoms with Gasteiger partial charge in [-0.15, -0.1) is 0 Å². The molecule has 2 N–H and O–H groups in total. The summed E-state index contributed by atoms with van der Waals surface area (Å²) < 4.78 is 1.19. The van der Waals surface area contributed by atoms with Gasteiger partial charge in [0, 0.05) is 28.3 Å². The number of rotatable bonds is 5. The average Bonchev–Trinajstić information content (AvgIpc) is 3.06. The van der Waals surface area contributed by atoms with Crippen molar-refractivity contribution in [2.24, 2.45) is 0 Å². The van der Waals surface area contributed by atoms with Crippen LogP contribution in [0, 0.1) is 10.5 Å². The lowest BCUT2D eigenvalue weighted by atomic mass is 10.2. The van der Waals surface area contributed by atoms with E-state index in [0.29, 0.717) is 12.5 Å². The lowest BCUT2D eigenvalue weighted by Crippen LogP contribution is -2.23. The maximum Gasteiger partial charge on any atom is 0.225 e. The molecule has 0 aliphatic heterocycles. The van der Waals surface area contributed by atoms with Crippen molar-refractivity contribution in [3.8, 4) is 0 Å². The van der Waals surface area contributed by atoms with Crippen LogP contribution in [-0.4, -0.2) is 18.5 Å². The van der Waals surface area contributed by atoms with E-state index in [4.69, 9.17) is 0 Å². The lowest BCUT2D eigenvalue weighted by molar-refractivity contribution is -0.116.